The van der Waals surface area contributed by atoms with E-state index in [-0.39, 0.29) is 52.0 Å². The lowest BCUT2D eigenvalue weighted by atomic mass is 9.84. The molecule has 2 amide bonds. The van der Waals surface area contributed by atoms with Crippen LogP contribution in [0.2, 0.25) is 0 Å². The summed E-state index contributed by atoms with van der Waals surface area (Å²) in [6.07, 6.45) is -2.12. The molecule has 268 valence electrons. The number of ether oxygens (including phenoxy) is 1. The first-order valence-corrected chi connectivity index (χ1v) is 16.7. The van der Waals surface area contributed by atoms with Crippen LogP contribution >= 0.6 is 11.8 Å². The number of nitrogens with two attached hydrogens (primary N) is 1. The van der Waals surface area contributed by atoms with Gasteiger partial charge in [0.05, 0.1) is 16.2 Å². The number of aliphatic hydroxyl groups is 1. The number of carbonyl (C=O) groups is 5. The molecule has 0 saturated heterocycles. The number of aliphatic carboxylic acids is 2. The van der Waals surface area contributed by atoms with Crippen LogP contribution < -0.4 is 26.7 Å². The average molecular weight is 714 g/mol. The van der Waals surface area contributed by atoms with Crippen molar-refractivity contribution < 1.29 is 53.6 Å². The predicted molar refractivity (Wildman–Crippen MR) is 182 cm³/mol. The Labute approximate surface area is 290 Å². The smallest absolute Gasteiger partial charge is 0.336 e. The van der Waals surface area contributed by atoms with E-state index in [0.717, 1.165) is 11.8 Å². The Morgan fingerprint density at radius 3 is 2.34 bits per heavy atom. The minimum Gasteiger partial charge on any atom is -0.506 e. The number of nitrogens with one attached hydrogen (secondary N) is 2. The number of phenolic OH excluding ortho intramolecular Hbond substituents is 1. The Balaban J connectivity index is 1.80. The first kappa shape index (κ1) is 37.9. The molecule has 0 fully saturated rings. The summed E-state index contributed by atoms with van der Waals surface area (Å²) in [4.78, 5) is 74.5. The van der Waals surface area contributed by atoms with E-state index in [2.05, 4.69) is 10.6 Å². The van der Waals surface area contributed by atoms with E-state index in [1.54, 1.807) is 58.0 Å². The average Bonchev–Trinajstić information content (AvgIpc) is 3.04. The fourth-order valence-electron chi connectivity index (χ4n) is 5.62. The predicted octanol–water partition coefficient (Wildman–Crippen LogP) is 2.19. The molecule has 50 heavy (non-hydrogen) atoms. The fourth-order valence-corrected chi connectivity index (χ4v) is 7.02. The Morgan fingerprint density at radius 2 is 1.74 bits per heavy atom. The van der Waals surface area contributed by atoms with Gasteiger partial charge < -0.3 is 45.9 Å². The minimum absolute atomic E-state index is 0.00223. The number of carbonyl (C=O) groups excluding carboxylic acids is 3. The number of benzene rings is 2. The van der Waals surface area contributed by atoms with Crippen molar-refractivity contribution in [3.63, 3.8) is 0 Å². The summed E-state index contributed by atoms with van der Waals surface area (Å²) in [6, 6.07) is 7.10. The van der Waals surface area contributed by atoms with Crippen molar-refractivity contribution in [1.82, 2.24) is 10.6 Å². The van der Waals surface area contributed by atoms with E-state index in [9.17, 15) is 39.0 Å². The van der Waals surface area contributed by atoms with Gasteiger partial charge in [-0.1, -0.05) is 44.2 Å². The van der Waals surface area contributed by atoms with Gasteiger partial charge in [-0.15, -0.1) is 11.8 Å². The van der Waals surface area contributed by atoms with Gasteiger partial charge in [-0.2, -0.15) is 0 Å². The summed E-state index contributed by atoms with van der Waals surface area (Å²) < 4.78 is 12.0. The number of amides is 2. The molecular weight excluding hydrogens is 674 g/mol. The molecule has 4 rings (SSSR count). The van der Waals surface area contributed by atoms with Crippen LogP contribution in [0.3, 0.4) is 0 Å². The van der Waals surface area contributed by atoms with Gasteiger partial charge in [0, 0.05) is 29.7 Å². The Hall–Kier alpha value is -4.93. The highest BCUT2D eigenvalue weighted by molar-refractivity contribution is 8.00. The Bertz CT molecular complexity index is 1870. The van der Waals surface area contributed by atoms with E-state index in [0.29, 0.717) is 5.56 Å². The van der Waals surface area contributed by atoms with Crippen molar-refractivity contribution in [2.45, 2.75) is 69.6 Å². The molecule has 15 nitrogen and oxygen atoms in total. The zero-order valence-electron chi connectivity index (χ0n) is 27.7. The molecule has 3 aromatic rings. The highest BCUT2D eigenvalue weighted by Gasteiger charge is 2.48. The van der Waals surface area contributed by atoms with Crippen molar-refractivity contribution in [2.24, 2.45) is 11.7 Å². The molecule has 0 spiro atoms. The maximum atomic E-state index is 13.6. The van der Waals surface area contributed by atoms with Gasteiger partial charge in [0.2, 0.25) is 11.8 Å². The molecule has 1 aromatic heterocycles. The third-order valence-electron chi connectivity index (χ3n) is 8.15. The lowest BCUT2D eigenvalue weighted by molar-refractivity contribution is -0.139. The van der Waals surface area contributed by atoms with E-state index < -0.39 is 82.4 Å². The number of aromatic hydroxyl groups is 1. The van der Waals surface area contributed by atoms with E-state index in [1.807, 2.05) is 0 Å². The van der Waals surface area contributed by atoms with Crippen LogP contribution in [-0.2, 0) is 19.2 Å². The molecule has 4 atom stereocenters. The highest BCUT2D eigenvalue weighted by atomic mass is 32.2. The topological polar surface area (TPSA) is 256 Å². The Kier molecular flexibility index (Phi) is 11.6. The summed E-state index contributed by atoms with van der Waals surface area (Å²) in [6.45, 7) is 5.71. The number of aliphatic hydroxyl groups excluding tert-OH is 1. The molecule has 0 radical (unpaired) electrons. The van der Waals surface area contributed by atoms with Crippen LogP contribution in [0.25, 0.3) is 22.1 Å². The molecule has 1 aliphatic rings. The van der Waals surface area contributed by atoms with E-state index in [1.165, 1.54) is 6.07 Å². The molecule has 0 bridgehead atoms. The molecule has 0 aliphatic carbocycles. The summed E-state index contributed by atoms with van der Waals surface area (Å²) in [5.74, 6) is -6.26. The number of hydrogen-bond donors (Lipinski definition) is 7. The maximum Gasteiger partial charge on any atom is 0.336 e. The van der Waals surface area contributed by atoms with Crippen molar-refractivity contribution in [3.05, 3.63) is 57.9 Å². The number of carboxylic acids is 2. The summed E-state index contributed by atoms with van der Waals surface area (Å²) >= 11 is 0.972. The standard InChI is InChI=1S/C34H39N3O12S/c1-15(2)26(42)24-27(43)23-17(16-8-6-5-7-9-16)12-22(41)48-29(23)25-28(44)31(34(3,4)49-30(24)25)50-14-19(32(45)36-13-21(39)40)37-20(38)11-10-18(35)33(46)47/h5-9,12,15,18-19,28,31,43-44H,10-11,13-14,35H2,1-4H3,(H,36,45)(H,37,38)(H,39,40)(H,46,47). The van der Waals surface area contributed by atoms with Gasteiger partial charge in [0.1, 0.15) is 47.4 Å². The van der Waals surface area contributed by atoms with E-state index >= 15 is 0 Å². The number of fused-ring (bicyclic) bond motifs is 3. The largest absolute Gasteiger partial charge is 0.506 e. The number of ketones is 1. The van der Waals surface area contributed by atoms with Crippen LogP contribution in [0.4, 0.5) is 0 Å². The second-order valence-electron chi connectivity index (χ2n) is 12.7. The number of hydrogen-bond acceptors (Lipinski definition) is 12. The molecule has 8 N–H and O–H groups in total. The monoisotopic (exact) mass is 713 g/mol. The second kappa shape index (κ2) is 15.3. The molecule has 4 unspecified atom stereocenters. The highest BCUT2D eigenvalue weighted by Crippen LogP contribution is 2.54. The van der Waals surface area contributed by atoms with Crippen molar-refractivity contribution >= 4 is 52.3 Å². The lowest BCUT2D eigenvalue weighted by Gasteiger charge is -2.43. The summed E-state index contributed by atoms with van der Waals surface area (Å²) in [5.41, 5.74) is 3.64. The van der Waals surface area contributed by atoms with Crippen LogP contribution in [0.15, 0.2) is 45.6 Å². The summed E-state index contributed by atoms with van der Waals surface area (Å²) in [5, 5.41) is 45.5. The fraction of sp³-hybridized carbons (Fsp3) is 0.412. The van der Waals surface area contributed by atoms with Crippen LogP contribution in [0.5, 0.6) is 11.5 Å². The lowest BCUT2D eigenvalue weighted by Crippen LogP contribution is -2.52. The normalized spacial score (nSPS) is 17.7. The van der Waals surface area contributed by atoms with Crippen molar-refractivity contribution in [3.8, 4) is 22.6 Å². The SMILES string of the molecule is CC(C)C(=O)c1c2c(c3oc(=O)cc(-c4ccccc4)c3c1O)C(O)C(SCC(NC(=O)CCC(N)C(=O)O)C(=O)NCC(=O)O)C(C)(C)O2. The molecule has 2 heterocycles. The second-order valence-corrected chi connectivity index (χ2v) is 13.8. The number of Topliss-reactive ketones (excluding diaryl/α,β-unsaturated/α-hetero) is 1. The molecule has 2 aromatic carbocycles. The van der Waals surface area contributed by atoms with Gasteiger partial charge in [-0.25, -0.2) is 4.79 Å². The van der Waals surface area contributed by atoms with Crippen molar-refractivity contribution in [1.29, 1.82) is 0 Å². The summed E-state index contributed by atoms with van der Waals surface area (Å²) in [7, 11) is 0. The van der Waals surface area contributed by atoms with Gasteiger partial charge in [0.25, 0.3) is 0 Å². The number of thioether (sulfide) groups is 1. The Morgan fingerprint density at radius 1 is 1.08 bits per heavy atom. The molecule has 0 saturated carbocycles. The van der Waals surface area contributed by atoms with E-state index in [4.69, 9.17) is 25.1 Å². The zero-order valence-corrected chi connectivity index (χ0v) is 28.5. The molecule has 1 aliphatic heterocycles. The minimum atomic E-state index is -1.54. The number of carboxylic acid groups (broad SMARTS) is 2. The van der Waals surface area contributed by atoms with Crippen LogP contribution in [-0.4, -0.2) is 85.2 Å². The van der Waals surface area contributed by atoms with Crippen LogP contribution in [0.1, 0.15) is 62.6 Å². The third-order valence-corrected chi connectivity index (χ3v) is 9.86. The zero-order chi connectivity index (χ0) is 37.1. The third kappa shape index (κ3) is 8.09. The first-order chi connectivity index (χ1) is 23.4. The molecule has 16 heteroatoms. The van der Waals surface area contributed by atoms with Crippen molar-refractivity contribution in [2.75, 3.05) is 12.3 Å². The number of rotatable bonds is 14. The molecular formula is C34H39N3O12S. The van der Waals surface area contributed by atoms with Gasteiger partial charge in [-0.3, -0.25) is 24.0 Å². The van der Waals surface area contributed by atoms with Gasteiger partial charge in [0.15, 0.2) is 11.4 Å². The number of phenols is 1. The van der Waals surface area contributed by atoms with Gasteiger partial charge in [-0.05, 0) is 25.8 Å². The quantitative estimate of drug-likeness (QED) is 0.0934. The van der Waals surface area contributed by atoms with Gasteiger partial charge >= 0.3 is 17.6 Å². The maximum absolute atomic E-state index is 13.6. The first-order valence-electron chi connectivity index (χ1n) is 15.7. The van der Waals surface area contributed by atoms with Crippen LogP contribution in [0, 0.1) is 5.92 Å².